The first-order valence-electron chi connectivity index (χ1n) is 6.57. The lowest BCUT2D eigenvalue weighted by atomic mass is 10.1. The molecule has 112 valence electrons. The van der Waals surface area contributed by atoms with Crippen molar-refractivity contribution < 1.29 is 9.90 Å². The third-order valence-electron chi connectivity index (χ3n) is 3.21. The number of amides is 1. The van der Waals surface area contributed by atoms with Crippen LogP contribution >= 0.6 is 27.9 Å². The number of carbonyl (C=O) groups excluding carboxylic acids is 1. The number of fused-ring (bicyclic) bond motifs is 1. The van der Waals surface area contributed by atoms with Crippen molar-refractivity contribution in [1.82, 2.24) is 4.31 Å². The number of carbonyl (C=O) groups is 1. The molecule has 0 aliphatic carbocycles. The maximum atomic E-state index is 12.5. The summed E-state index contributed by atoms with van der Waals surface area (Å²) in [5.41, 5.74) is 1.57. The molecule has 0 saturated heterocycles. The van der Waals surface area contributed by atoms with Gasteiger partial charge in [-0.3, -0.25) is 4.79 Å². The number of nitrogens with one attached hydrogen (secondary N) is 1. The van der Waals surface area contributed by atoms with Gasteiger partial charge in [0.15, 0.2) is 11.5 Å². The number of nitrogens with zero attached hydrogens (tertiary/aromatic N) is 1. The minimum absolute atomic E-state index is 0.00986. The molecule has 0 spiro atoms. The van der Waals surface area contributed by atoms with Crippen molar-refractivity contribution in [3.63, 3.8) is 0 Å². The molecule has 4 nitrogen and oxygen atoms in total. The third kappa shape index (κ3) is 2.84. The summed E-state index contributed by atoms with van der Waals surface area (Å²) in [6, 6.07) is 14.8. The Kier molecular flexibility index (Phi) is 4.13. The third-order valence-corrected chi connectivity index (χ3v) is 4.72. The topological polar surface area (TPSA) is 52.6 Å². The summed E-state index contributed by atoms with van der Waals surface area (Å²) in [4.78, 5) is 13.4. The Balaban J connectivity index is 1.94. The van der Waals surface area contributed by atoms with Crippen LogP contribution in [-0.2, 0) is 4.79 Å². The molecule has 1 aliphatic rings. The molecule has 6 heteroatoms. The number of likely N-dealkylation sites (N-methyl/N-ethyl adjacent to an activating group) is 1. The summed E-state index contributed by atoms with van der Waals surface area (Å²) in [7, 11) is 1.76. The maximum Gasteiger partial charge on any atom is 0.276 e. The van der Waals surface area contributed by atoms with E-state index in [1.165, 1.54) is 11.9 Å². The molecule has 1 aliphatic heterocycles. The molecule has 0 aromatic heterocycles. The molecule has 0 radical (unpaired) electrons. The van der Waals surface area contributed by atoms with Gasteiger partial charge in [0.05, 0.1) is 0 Å². The number of halogens is 1. The van der Waals surface area contributed by atoms with Gasteiger partial charge in [0.25, 0.3) is 5.91 Å². The number of aliphatic hydroxyl groups is 1. The van der Waals surface area contributed by atoms with Gasteiger partial charge in [-0.25, -0.2) is 0 Å². The van der Waals surface area contributed by atoms with Gasteiger partial charge < -0.3 is 14.7 Å². The molecule has 2 aromatic rings. The fourth-order valence-electron chi connectivity index (χ4n) is 2.22. The van der Waals surface area contributed by atoms with Crippen LogP contribution in [0.2, 0.25) is 0 Å². The highest BCUT2D eigenvalue weighted by atomic mass is 79.9. The molecule has 3 rings (SSSR count). The number of aliphatic hydroxyl groups excluding tert-OH is 1. The average molecular weight is 377 g/mol. The average Bonchev–Trinajstić information content (AvgIpc) is 2.47. The molecule has 1 heterocycles. The van der Waals surface area contributed by atoms with Crippen molar-refractivity contribution in [2.75, 3.05) is 12.4 Å². The zero-order chi connectivity index (χ0) is 15.7. The van der Waals surface area contributed by atoms with E-state index in [0.717, 1.165) is 9.37 Å². The highest BCUT2D eigenvalue weighted by Gasteiger charge is 2.28. The van der Waals surface area contributed by atoms with Gasteiger partial charge in [-0.1, -0.05) is 34.1 Å². The highest BCUT2D eigenvalue weighted by molar-refractivity contribution is 9.10. The Morgan fingerprint density at radius 2 is 2.00 bits per heavy atom. The van der Waals surface area contributed by atoms with Gasteiger partial charge in [0.1, 0.15) is 0 Å². The summed E-state index contributed by atoms with van der Waals surface area (Å²) in [6.45, 7) is 0. The predicted molar refractivity (Wildman–Crippen MR) is 92.4 cm³/mol. The SMILES string of the molecule is CN1Sc2ccccc2C(O)=C1C(=O)Nc1cccc(Br)c1. The zero-order valence-electron chi connectivity index (χ0n) is 11.7. The summed E-state index contributed by atoms with van der Waals surface area (Å²) in [5, 5.41) is 13.3. The van der Waals surface area contributed by atoms with Gasteiger partial charge in [-0.15, -0.1) is 0 Å². The van der Waals surface area contributed by atoms with Crippen molar-refractivity contribution >= 4 is 45.2 Å². The van der Waals surface area contributed by atoms with E-state index in [9.17, 15) is 9.90 Å². The molecular formula is C16H13BrN2O2S. The van der Waals surface area contributed by atoms with Crippen LogP contribution in [0.15, 0.2) is 63.6 Å². The lowest BCUT2D eigenvalue weighted by molar-refractivity contribution is -0.113. The standard InChI is InChI=1S/C16H13BrN2O2S/c1-19-14(15(20)12-7-2-3-8-13(12)22-19)16(21)18-11-6-4-5-10(17)9-11/h2-9,20H,1H3,(H,18,21). The van der Waals surface area contributed by atoms with E-state index >= 15 is 0 Å². The van der Waals surface area contributed by atoms with Gasteiger partial charge >= 0.3 is 0 Å². The van der Waals surface area contributed by atoms with Crippen LogP contribution in [-0.4, -0.2) is 22.4 Å². The second-order valence-corrected chi connectivity index (χ2v) is 6.83. The lowest BCUT2D eigenvalue weighted by Crippen LogP contribution is -2.27. The van der Waals surface area contributed by atoms with Crippen molar-refractivity contribution in [3.8, 4) is 0 Å². The summed E-state index contributed by atoms with van der Waals surface area (Å²) in [6.07, 6.45) is 0. The molecule has 1 amide bonds. The Morgan fingerprint density at radius 3 is 2.77 bits per heavy atom. The summed E-state index contributed by atoms with van der Waals surface area (Å²) >= 11 is 4.78. The maximum absolute atomic E-state index is 12.5. The molecule has 0 unspecified atom stereocenters. The predicted octanol–water partition coefficient (Wildman–Crippen LogP) is 4.27. The smallest absolute Gasteiger partial charge is 0.276 e. The van der Waals surface area contributed by atoms with Crippen molar-refractivity contribution in [2.45, 2.75) is 4.90 Å². The largest absolute Gasteiger partial charge is 0.505 e. The molecule has 0 bridgehead atoms. The molecular weight excluding hydrogens is 364 g/mol. The molecule has 0 saturated carbocycles. The van der Waals surface area contributed by atoms with E-state index in [1.54, 1.807) is 29.6 Å². The van der Waals surface area contributed by atoms with Crippen LogP contribution in [0.25, 0.3) is 5.76 Å². The van der Waals surface area contributed by atoms with Crippen LogP contribution in [0.1, 0.15) is 5.56 Å². The molecule has 2 N–H and O–H groups in total. The van der Waals surface area contributed by atoms with E-state index in [1.807, 2.05) is 30.3 Å². The van der Waals surface area contributed by atoms with Gasteiger partial charge in [0.2, 0.25) is 0 Å². The van der Waals surface area contributed by atoms with Gasteiger partial charge in [0, 0.05) is 27.7 Å². The minimum atomic E-state index is -0.347. The van der Waals surface area contributed by atoms with Gasteiger partial charge in [-0.05, 0) is 42.3 Å². The van der Waals surface area contributed by atoms with Crippen LogP contribution in [0.4, 0.5) is 5.69 Å². The Morgan fingerprint density at radius 1 is 1.23 bits per heavy atom. The highest BCUT2D eigenvalue weighted by Crippen LogP contribution is 2.38. The second kappa shape index (κ2) is 6.06. The van der Waals surface area contributed by atoms with E-state index in [-0.39, 0.29) is 17.4 Å². The number of hydrogen-bond acceptors (Lipinski definition) is 4. The Labute approximate surface area is 141 Å². The molecule has 2 aromatic carbocycles. The van der Waals surface area contributed by atoms with E-state index in [2.05, 4.69) is 21.2 Å². The molecule has 0 atom stereocenters. The van der Waals surface area contributed by atoms with Crippen LogP contribution in [0.3, 0.4) is 0 Å². The van der Waals surface area contributed by atoms with Gasteiger partial charge in [-0.2, -0.15) is 0 Å². The van der Waals surface area contributed by atoms with E-state index < -0.39 is 0 Å². The second-order valence-electron chi connectivity index (χ2n) is 4.75. The normalized spacial score (nSPS) is 13.8. The fraction of sp³-hybridized carbons (Fsp3) is 0.0625. The first-order valence-corrected chi connectivity index (χ1v) is 8.14. The van der Waals surface area contributed by atoms with E-state index in [4.69, 9.17) is 0 Å². The Bertz CT molecular complexity index is 776. The number of anilines is 1. The first kappa shape index (κ1) is 15.0. The van der Waals surface area contributed by atoms with Crippen molar-refractivity contribution in [1.29, 1.82) is 0 Å². The summed E-state index contributed by atoms with van der Waals surface area (Å²) < 4.78 is 2.55. The minimum Gasteiger partial charge on any atom is -0.505 e. The monoisotopic (exact) mass is 376 g/mol. The number of hydrogen-bond donors (Lipinski definition) is 2. The van der Waals surface area contributed by atoms with Crippen LogP contribution in [0, 0.1) is 0 Å². The van der Waals surface area contributed by atoms with Crippen molar-refractivity contribution in [3.05, 3.63) is 64.3 Å². The van der Waals surface area contributed by atoms with E-state index in [0.29, 0.717) is 11.3 Å². The van der Waals surface area contributed by atoms with Crippen LogP contribution in [0.5, 0.6) is 0 Å². The quantitative estimate of drug-likeness (QED) is 0.768. The fourth-order valence-corrected chi connectivity index (χ4v) is 3.58. The zero-order valence-corrected chi connectivity index (χ0v) is 14.1. The van der Waals surface area contributed by atoms with Crippen molar-refractivity contribution in [2.24, 2.45) is 0 Å². The first-order chi connectivity index (χ1) is 10.6. The molecule has 22 heavy (non-hydrogen) atoms. The Hall–Kier alpha value is -1.92. The van der Waals surface area contributed by atoms with Crippen LogP contribution < -0.4 is 5.32 Å². The molecule has 0 fully saturated rings. The lowest BCUT2D eigenvalue weighted by Gasteiger charge is -2.27. The summed E-state index contributed by atoms with van der Waals surface area (Å²) in [5.74, 6) is -0.357. The number of rotatable bonds is 2. The number of benzene rings is 2.